The van der Waals surface area contributed by atoms with E-state index in [1.165, 1.54) is 21.5 Å². The van der Waals surface area contributed by atoms with E-state index in [0.717, 1.165) is 11.1 Å². The van der Waals surface area contributed by atoms with Crippen LogP contribution in [0.5, 0.6) is 5.75 Å². The minimum Gasteiger partial charge on any atom is -0.471 e. The summed E-state index contributed by atoms with van der Waals surface area (Å²) < 4.78 is 23.3. The topological polar surface area (TPSA) is 74.0 Å². The summed E-state index contributed by atoms with van der Waals surface area (Å²) in [6, 6.07) is 9.73. The van der Waals surface area contributed by atoms with Crippen molar-refractivity contribution >= 4 is 50.9 Å². The zero-order valence-corrected chi connectivity index (χ0v) is 21.2. The molecule has 2 heterocycles. The van der Waals surface area contributed by atoms with Gasteiger partial charge in [-0.25, -0.2) is 9.07 Å². The zero-order chi connectivity index (χ0) is 24.4. The first-order valence-electron chi connectivity index (χ1n) is 10.1. The molecule has 176 valence electrons. The summed E-state index contributed by atoms with van der Waals surface area (Å²) in [6.45, 7) is 4.04. The van der Waals surface area contributed by atoms with Gasteiger partial charge in [-0.05, 0) is 71.2 Å². The molecule has 7 nitrogen and oxygen atoms in total. The van der Waals surface area contributed by atoms with E-state index >= 15 is 0 Å². The number of aryl methyl sites for hydroxylation is 2. The summed E-state index contributed by atoms with van der Waals surface area (Å²) in [6.07, 6.45) is 3.26. The van der Waals surface area contributed by atoms with Crippen LogP contribution in [0.3, 0.4) is 0 Å². The highest BCUT2D eigenvalue weighted by Gasteiger charge is 2.16. The van der Waals surface area contributed by atoms with Crippen LogP contribution in [0.1, 0.15) is 27.2 Å². The van der Waals surface area contributed by atoms with Crippen molar-refractivity contribution in [3.63, 3.8) is 0 Å². The molecule has 0 unspecified atom stereocenters. The van der Waals surface area contributed by atoms with Gasteiger partial charge in [0.25, 0.3) is 5.91 Å². The smallest absolute Gasteiger partial charge is 0.277 e. The standard InChI is InChI=1S/C23H19BrCl2FN5O2/c1-13-8-15(9-14(2)21(13)26)34-12-31-7-6-20(29-31)23(33)28-22-17(24)11-32(30-22)10-16-18(25)4-3-5-19(16)27/h3-9,11H,10,12H2,1-2H3,(H,28,30,33). The highest BCUT2D eigenvalue weighted by molar-refractivity contribution is 9.10. The van der Waals surface area contributed by atoms with Crippen LogP contribution in [0, 0.1) is 19.7 Å². The molecule has 4 rings (SSSR count). The van der Waals surface area contributed by atoms with Gasteiger partial charge in [-0.3, -0.25) is 9.48 Å². The van der Waals surface area contributed by atoms with E-state index in [2.05, 4.69) is 31.4 Å². The fraction of sp³-hybridized carbons (Fsp3) is 0.174. The highest BCUT2D eigenvalue weighted by Crippen LogP contribution is 2.26. The molecule has 0 atom stereocenters. The van der Waals surface area contributed by atoms with Crippen LogP contribution in [0.25, 0.3) is 0 Å². The van der Waals surface area contributed by atoms with Crippen LogP contribution in [-0.2, 0) is 13.3 Å². The number of hydrogen-bond acceptors (Lipinski definition) is 4. The van der Waals surface area contributed by atoms with Crippen molar-refractivity contribution in [3.05, 3.63) is 91.5 Å². The third kappa shape index (κ3) is 5.43. The van der Waals surface area contributed by atoms with Gasteiger partial charge in [0.1, 0.15) is 11.6 Å². The minimum atomic E-state index is -0.452. The Labute approximate surface area is 213 Å². The summed E-state index contributed by atoms with van der Waals surface area (Å²) >= 11 is 15.6. The first kappa shape index (κ1) is 24.3. The summed E-state index contributed by atoms with van der Waals surface area (Å²) in [5, 5.41) is 12.2. The first-order chi connectivity index (χ1) is 16.2. The van der Waals surface area contributed by atoms with Crippen molar-refractivity contribution in [3.8, 4) is 5.75 Å². The summed E-state index contributed by atoms with van der Waals surface area (Å²) in [7, 11) is 0. The minimum absolute atomic E-state index is 0.107. The molecule has 0 bridgehead atoms. The van der Waals surface area contributed by atoms with E-state index in [9.17, 15) is 9.18 Å². The molecular weight excluding hydrogens is 548 g/mol. The van der Waals surface area contributed by atoms with Crippen molar-refractivity contribution in [2.24, 2.45) is 0 Å². The molecule has 0 spiro atoms. The van der Waals surface area contributed by atoms with E-state index in [1.54, 1.807) is 24.5 Å². The maximum Gasteiger partial charge on any atom is 0.277 e. The predicted molar refractivity (Wildman–Crippen MR) is 132 cm³/mol. The monoisotopic (exact) mass is 565 g/mol. The number of benzene rings is 2. The maximum atomic E-state index is 14.1. The lowest BCUT2D eigenvalue weighted by Crippen LogP contribution is -2.15. The Kier molecular flexibility index (Phi) is 7.25. The van der Waals surface area contributed by atoms with Crippen LogP contribution in [-0.4, -0.2) is 25.5 Å². The van der Waals surface area contributed by atoms with E-state index in [-0.39, 0.29) is 24.8 Å². The number of halogens is 4. The number of carbonyl (C=O) groups excluding carboxylic acids is 1. The third-order valence-electron chi connectivity index (χ3n) is 4.98. The van der Waals surface area contributed by atoms with Gasteiger partial charge in [-0.15, -0.1) is 0 Å². The molecule has 0 saturated carbocycles. The number of nitrogens with zero attached hydrogens (tertiary/aromatic N) is 4. The lowest BCUT2D eigenvalue weighted by atomic mass is 10.1. The average molecular weight is 567 g/mol. The Bertz CT molecular complexity index is 1330. The molecular formula is C23H19BrCl2FN5O2. The van der Waals surface area contributed by atoms with Crippen molar-refractivity contribution in [2.45, 2.75) is 27.1 Å². The van der Waals surface area contributed by atoms with Crippen LogP contribution < -0.4 is 10.1 Å². The molecule has 0 aliphatic rings. The molecule has 0 radical (unpaired) electrons. The second-order valence-electron chi connectivity index (χ2n) is 7.56. The lowest BCUT2D eigenvalue weighted by Gasteiger charge is -2.10. The summed E-state index contributed by atoms with van der Waals surface area (Å²) in [5.41, 5.74) is 2.33. The van der Waals surface area contributed by atoms with Crippen molar-refractivity contribution in [2.75, 3.05) is 5.32 Å². The molecule has 0 fully saturated rings. The van der Waals surface area contributed by atoms with Crippen molar-refractivity contribution in [1.82, 2.24) is 19.6 Å². The van der Waals surface area contributed by atoms with E-state index in [0.29, 0.717) is 25.8 Å². The van der Waals surface area contributed by atoms with Gasteiger partial charge >= 0.3 is 0 Å². The normalized spacial score (nSPS) is 11.0. The molecule has 0 aliphatic carbocycles. The highest BCUT2D eigenvalue weighted by atomic mass is 79.9. The van der Waals surface area contributed by atoms with Crippen LogP contribution in [0.2, 0.25) is 10.0 Å². The molecule has 1 N–H and O–H groups in total. The molecule has 1 amide bonds. The third-order valence-corrected chi connectivity index (χ3v) is 6.51. The first-order valence-corrected chi connectivity index (χ1v) is 11.7. The van der Waals surface area contributed by atoms with Crippen LogP contribution >= 0.6 is 39.1 Å². The van der Waals surface area contributed by atoms with Gasteiger partial charge < -0.3 is 10.1 Å². The number of nitrogens with one attached hydrogen (secondary N) is 1. The Balaban J connectivity index is 1.40. The number of rotatable bonds is 7. The largest absolute Gasteiger partial charge is 0.471 e. The predicted octanol–water partition coefficient (Wildman–Crippen LogP) is 6.24. The molecule has 0 saturated heterocycles. The quantitative estimate of drug-likeness (QED) is 0.287. The number of hydrogen-bond donors (Lipinski definition) is 1. The number of anilines is 1. The van der Waals surface area contributed by atoms with E-state index < -0.39 is 11.7 Å². The van der Waals surface area contributed by atoms with Gasteiger partial charge in [-0.2, -0.15) is 10.2 Å². The maximum absolute atomic E-state index is 14.1. The molecule has 2 aromatic carbocycles. The molecule has 0 aliphatic heterocycles. The Morgan fingerprint density at radius 1 is 1.15 bits per heavy atom. The number of aromatic nitrogens is 4. The average Bonchev–Trinajstić information content (AvgIpc) is 3.40. The molecule has 4 aromatic rings. The fourth-order valence-electron chi connectivity index (χ4n) is 3.26. The number of amides is 1. The van der Waals surface area contributed by atoms with Crippen LogP contribution in [0.15, 0.2) is 53.3 Å². The van der Waals surface area contributed by atoms with Gasteiger partial charge in [0.2, 0.25) is 0 Å². The molecule has 2 aromatic heterocycles. The summed E-state index contributed by atoms with van der Waals surface area (Å²) in [4.78, 5) is 12.7. The Morgan fingerprint density at radius 2 is 1.88 bits per heavy atom. The number of carbonyl (C=O) groups is 1. The van der Waals surface area contributed by atoms with Gasteiger partial charge in [0, 0.05) is 28.0 Å². The number of ether oxygens (including phenoxy) is 1. The van der Waals surface area contributed by atoms with Crippen molar-refractivity contribution in [1.29, 1.82) is 0 Å². The lowest BCUT2D eigenvalue weighted by molar-refractivity contribution is 0.101. The Morgan fingerprint density at radius 3 is 2.59 bits per heavy atom. The SMILES string of the molecule is Cc1cc(OCn2ccc(C(=O)Nc3nn(Cc4c(F)cccc4Cl)cc3Br)n2)cc(C)c1Cl. The van der Waals surface area contributed by atoms with Gasteiger partial charge in [-0.1, -0.05) is 29.3 Å². The zero-order valence-electron chi connectivity index (χ0n) is 18.2. The van der Waals surface area contributed by atoms with Gasteiger partial charge in [0.15, 0.2) is 18.2 Å². The summed E-state index contributed by atoms with van der Waals surface area (Å²) in [5.74, 6) is 0.0499. The van der Waals surface area contributed by atoms with Gasteiger partial charge in [0.05, 0.1) is 11.0 Å². The second kappa shape index (κ2) is 10.2. The molecule has 11 heteroatoms. The van der Waals surface area contributed by atoms with E-state index in [4.69, 9.17) is 27.9 Å². The van der Waals surface area contributed by atoms with Crippen LogP contribution in [0.4, 0.5) is 10.2 Å². The van der Waals surface area contributed by atoms with E-state index in [1.807, 2.05) is 26.0 Å². The van der Waals surface area contributed by atoms with Crippen molar-refractivity contribution < 1.29 is 13.9 Å². The second-order valence-corrected chi connectivity index (χ2v) is 9.20. The Hall–Kier alpha value is -2.88. The fourth-order valence-corrected chi connectivity index (χ4v) is 4.01. The molecule has 34 heavy (non-hydrogen) atoms.